The largest absolute Gasteiger partial charge is 0.357 e. The second kappa shape index (κ2) is 9.48. The molecule has 170 valence electrons. The maximum atomic E-state index is 13.3. The number of halogens is 2. The van der Waals surface area contributed by atoms with Crippen molar-refractivity contribution in [1.82, 2.24) is 14.5 Å². The summed E-state index contributed by atoms with van der Waals surface area (Å²) in [6.07, 6.45) is 0.261. The highest BCUT2D eigenvalue weighted by Gasteiger charge is 2.43. The first-order valence-electron chi connectivity index (χ1n) is 9.72. The summed E-state index contributed by atoms with van der Waals surface area (Å²) in [4.78, 5) is 39.6. The SMILES string of the molecule is CCC(C(=O)NC)N(Cc1ccc(Cl)cc1Cl)C(=O)CN1C(=O)c2ccccc2S1(=O)=O. The van der Waals surface area contributed by atoms with E-state index in [0.29, 0.717) is 19.9 Å². The lowest BCUT2D eigenvalue weighted by atomic mass is 10.1. The second-order valence-corrected chi connectivity index (χ2v) is 9.78. The molecule has 1 aliphatic heterocycles. The zero-order chi connectivity index (χ0) is 23.6. The Morgan fingerprint density at radius 3 is 2.44 bits per heavy atom. The van der Waals surface area contributed by atoms with Gasteiger partial charge in [0.1, 0.15) is 17.5 Å². The number of fused-ring (bicyclic) bond motifs is 1. The monoisotopic (exact) mass is 497 g/mol. The Balaban J connectivity index is 1.95. The number of hydrogen-bond donors (Lipinski definition) is 1. The number of sulfonamides is 1. The summed E-state index contributed by atoms with van der Waals surface area (Å²) in [7, 11) is -2.74. The van der Waals surface area contributed by atoms with E-state index >= 15 is 0 Å². The molecular formula is C21H21Cl2N3O5S. The summed E-state index contributed by atoms with van der Waals surface area (Å²) in [5.41, 5.74) is 0.525. The highest BCUT2D eigenvalue weighted by Crippen LogP contribution is 2.30. The molecule has 1 aliphatic rings. The van der Waals surface area contributed by atoms with Gasteiger partial charge in [-0.05, 0) is 36.2 Å². The van der Waals surface area contributed by atoms with Crippen molar-refractivity contribution in [3.05, 3.63) is 63.6 Å². The van der Waals surface area contributed by atoms with E-state index in [1.165, 1.54) is 36.2 Å². The number of carbonyl (C=O) groups is 3. The van der Waals surface area contributed by atoms with Crippen LogP contribution in [0.4, 0.5) is 0 Å². The van der Waals surface area contributed by atoms with Gasteiger partial charge in [0.2, 0.25) is 11.8 Å². The molecule has 0 saturated carbocycles. The van der Waals surface area contributed by atoms with E-state index in [4.69, 9.17) is 23.2 Å². The fraction of sp³-hybridized carbons (Fsp3) is 0.286. The lowest BCUT2D eigenvalue weighted by Gasteiger charge is -2.31. The summed E-state index contributed by atoms with van der Waals surface area (Å²) in [5.74, 6) is -1.92. The molecule has 11 heteroatoms. The van der Waals surface area contributed by atoms with Gasteiger partial charge in [-0.15, -0.1) is 0 Å². The summed E-state index contributed by atoms with van der Waals surface area (Å²) in [6, 6.07) is 9.58. The van der Waals surface area contributed by atoms with Gasteiger partial charge in [-0.1, -0.05) is 48.3 Å². The van der Waals surface area contributed by atoms with E-state index in [1.807, 2.05) is 0 Å². The minimum atomic E-state index is -4.18. The van der Waals surface area contributed by atoms with Gasteiger partial charge in [0.05, 0.1) is 5.56 Å². The Morgan fingerprint density at radius 2 is 1.84 bits per heavy atom. The molecule has 0 aliphatic carbocycles. The Morgan fingerprint density at radius 1 is 1.16 bits per heavy atom. The number of nitrogens with zero attached hydrogens (tertiary/aromatic N) is 2. The molecule has 1 N–H and O–H groups in total. The van der Waals surface area contributed by atoms with Crippen LogP contribution in [0.25, 0.3) is 0 Å². The maximum absolute atomic E-state index is 13.3. The van der Waals surface area contributed by atoms with Crippen LogP contribution in [0.5, 0.6) is 0 Å². The minimum absolute atomic E-state index is 0.00550. The van der Waals surface area contributed by atoms with Crippen LogP contribution in [0.15, 0.2) is 47.4 Å². The first kappa shape index (κ1) is 24.0. The van der Waals surface area contributed by atoms with E-state index in [2.05, 4.69) is 5.32 Å². The molecule has 0 saturated heterocycles. The van der Waals surface area contributed by atoms with Gasteiger partial charge < -0.3 is 10.2 Å². The average Bonchev–Trinajstić information content (AvgIpc) is 2.95. The molecule has 1 atom stereocenters. The van der Waals surface area contributed by atoms with Crippen LogP contribution in [-0.4, -0.2) is 55.0 Å². The smallest absolute Gasteiger partial charge is 0.269 e. The van der Waals surface area contributed by atoms with Crippen molar-refractivity contribution in [2.45, 2.75) is 30.8 Å². The Hall–Kier alpha value is -2.62. The van der Waals surface area contributed by atoms with Gasteiger partial charge in [0.25, 0.3) is 15.9 Å². The summed E-state index contributed by atoms with van der Waals surface area (Å²) >= 11 is 12.2. The maximum Gasteiger partial charge on any atom is 0.269 e. The van der Waals surface area contributed by atoms with Gasteiger partial charge in [0.15, 0.2) is 0 Å². The molecule has 3 rings (SSSR count). The minimum Gasteiger partial charge on any atom is -0.357 e. The molecule has 0 aromatic heterocycles. The highest BCUT2D eigenvalue weighted by atomic mass is 35.5. The van der Waals surface area contributed by atoms with Crippen LogP contribution >= 0.6 is 23.2 Å². The van der Waals surface area contributed by atoms with Crippen molar-refractivity contribution in [2.24, 2.45) is 0 Å². The Kier molecular flexibility index (Phi) is 7.12. The first-order valence-corrected chi connectivity index (χ1v) is 11.9. The molecule has 0 bridgehead atoms. The van der Waals surface area contributed by atoms with Crippen molar-refractivity contribution in [3.63, 3.8) is 0 Å². The molecule has 0 radical (unpaired) electrons. The van der Waals surface area contributed by atoms with Gasteiger partial charge in [-0.3, -0.25) is 14.4 Å². The quantitative estimate of drug-likeness (QED) is 0.633. The Bertz CT molecular complexity index is 1190. The number of likely N-dealkylation sites (N-methyl/N-ethyl adjacent to an activating group) is 1. The predicted octanol–water partition coefficient (Wildman–Crippen LogP) is 2.69. The normalized spacial score (nSPS) is 15.2. The van der Waals surface area contributed by atoms with Crippen LogP contribution in [0, 0.1) is 0 Å². The van der Waals surface area contributed by atoms with Gasteiger partial charge in [-0.2, -0.15) is 0 Å². The van der Waals surface area contributed by atoms with Crippen LogP contribution in [0.1, 0.15) is 29.3 Å². The van der Waals surface area contributed by atoms with Crippen molar-refractivity contribution < 1.29 is 22.8 Å². The zero-order valence-electron chi connectivity index (χ0n) is 17.3. The molecule has 1 heterocycles. The molecule has 2 aromatic rings. The standard InChI is InChI=1S/C21H21Cl2N3O5S/c1-3-17(20(28)24-2)25(11-13-8-9-14(22)10-16(13)23)19(27)12-26-21(29)15-6-4-5-7-18(15)32(26,30)31/h4-10,17H,3,11-12H2,1-2H3,(H,24,28). The van der Waals surface area contributed by atoms with Gasteiger partial charge in [0, 0.05) is 23.6 Å². The van der Waals surface area contributed by atoms with Gasteiger partial charge in [-0.25, -0.2) is 12.7 Å². The van der Waals surface area contributed by atoms with E-state index in [0.717, 1.165) is 0 Å². The Labute approximate surface area is 196 Å². The number of carbonyl (C=O) groups excluding carboxylic acids is 3. The van der Waals surface area contributed by atoms with E-state index in [9.17, 15) is 22.8 Å². The third-order valence-electron chi connectivity index (χ3n) is 5.18. The van der Waals surface area contributed by atoms with Crippen molar-refractivity contribution in [3.8, 4) is 0 Å². The van der Waals surface area contributed by atoms with Crippen molar-refractivity contribution in [1.29, 1.82) is 0 Å². The number of nitrogens with one attached hydrogen (secondary N) is 1. The van der Waals surface area contributed by atoms with E-state index in [-0.39, 0.29) is 23.4 Å². The molecule has 0 fully saturated rings. The molecule has 0 spiro atoms. The lowest BCUT2D eigenvalue weighted by Crippen LogP contribution is -2.51. The summed E-state index contributed by atoms with van der Waals surface area (Å²) in [5, 5.41) is 3.20. The van der Waals surface area contributed by atoms with Crippen molar-refractivity contribution in [2.75, 3.05) is 13.6 Å². The van der Waals surface area contributed by atoms with E-state index in [1.54, 1.807) is 25.1 Å². The molecule has 3 amide bonds. The third kappa shape index (κ3) is 4.46. The molecular weight excluding hydrogens is 477 g/mol. The van der Waals surface area contributed by atoms with E-state index < -0.39 is 40.3 Å². The predicted molar refractivity (Wildman–Crippen MR) is 120 cm³/mol. The van der Waals surface area contributed by atoms with Crippen LogP contribution in [-0.2, 0) is 26.2 Å². The molecule has 32 heavy (non-hydrogen) atoms. The lowest BCUT2D eigenvalue weighted by molar-refractivity contribution is -0.141. The summed E-state index contributed by atoms with van der Waals surface area (Å²) in [6.45, 7) is 0.904. The number of amides is 3. The molecule has 8 nitrogen and oxygen atoms in total. The fourth-order valence-corrected chi connectivity index (χ4v) is 5.51. The highest BCUT2D eigenvalue weighted by molar-refractivity contribution is 7.90. The van der Waals surface area contributed by atoms with Crippen LogP contribution < -0.4 is 5.32 Å². The first-order chi connectivity index (χ1) is 15.1. The molecule has 2 aromatic carbocycles. The summed E-state index contributed by atoms with van der Waals surface area (Å²) < 4.78 is 26.2. The number of rotatable bonds is 7. The van der Waals surface area contributed by atoms with Crippen LogP contribution in [0.3, 0.4) is 0 Å². The van der Waals surface area contributed by atoms with Crippen molar-refractivity contribution >= 4 is 50.9 Å². The zero-order valence-corrected chi connectivity index (χ0v) is 19.7. The number of benzene rings is 2. The average molecular weight is 498 g/mol. The van der Waals surface area contributed by atoms with Crippen LogP contribution in [0.2, 0.25) is 10.0 Å². The fourth-order valence-electron chi connectivity index (χ4n) is 3.52. The van der Waals surface area contributed by atoms with Gasteiger partial charge >= 0.3 is 0 Å². The third-order valence-corrected chi connectivity index (χ3v) is 7.55. The molecule has 1 unspecified atom stereocenters. The topological polar surface area (TPSA) is 104 Å². The number of hydrogen-bond acceptors (Lipinski definition) is 5. The second-order valence-electron chi connectivity index (χ2n) is 7.11.